The molecule has 0 aliphatic carbocycles. The van der Waals surface area contributed by atoms with Gasteiger partial charge in [-0.3, -0.25) is 4.79 Å². The van der Waals surface area contributed by atoms with Crippen molar-refractivity contribution in [1.29, 1.82) is 5.26 Å². The molecule has 130 valence electrons. The van der Waals surface area contributed by atoms with E-state index < -0.39 is 6.10 Å². The minimum Gasteiger partial charge on any atom is -0.381 e. The summed E-state index contributed by atoms with van der Waals surface area (Å²) in [7, 11) is 1.50. The summed E-state index contributed by atoms with van der Waals surface area (Å²) in [6.45, 7) is 0. The highest BCUT2D eigenvalue weighted by Gasteiger charge is 2.19. The minimum atomic E-state index is -0.694. The number of carbonyl (C=O) groups excluding carboxylic acids is 1. The van der Waals surface area contributed by atoms with E-state index in [1.807, 2.05) is 36.4 Å². The van der Waals surface area contributed by atoms with E-state index in [0.717, 1.165) is 11.3 Å². The maximum absolute atomic E-state index is 12.5. The third-order valence-electron chi connectivity index (χ3n) is 3.84. The van der Waals surface area contributed by atoms with Gasteiger partial charge in [0, 0.05) is 12.8 Å². The normalized spacial score (nSPS) is 11.5. The van der Waals surface area contributed by atoms with Crippen LogP contribution < -0.4 is 11.1 Å². The Hall–Kier alpha value is -3.63. The molecule has 3 aromatic rings. The first-order valence-electron chi connectivity index (χ1n) is 7.86. The van der Waals surface area contributed by atoms with Crippen molar-refractivity contribution in [1.82, 2.24) is 9.78 Å². The number of hydrogen-bond acceptors (Lipinski definition) is 5. The molecule has 0 aliphatic rings. The van der Waals surface area contributed by atoms with Gasteiger partial charge in [-0.25, -0.2) is 4.68 Å². The molecule has 3 rings (SSSR count). The summed E-state index contributed by atoms with van der Waals surface area (Å²) in [5.74, 6) is -0.0859. The molecule has 1 amide bonds. The lowest BCUT2D eigenvalue weighted by Gasteiger charge is -2.15. The molecule has 1 atom stereocenters. The topological polar surface area (TPSA) is 106 Å². The van der Waals surface area contributed by atoms with Gasteiger partial charge < -0.3 is 15.8 Å². The molecule has 0 fully saturated rings. The van der Waals surface area contributed by atoms with E-state index in [0.29, 0.717) is 11.3 Å². The number of benzene rings is 2. The number of nitriles is 1. The van der Waals surface area contributed by atoms with Gasteiger partial charge >= 0.3 is 0 Å². The molecule has 0 spiro atoms. The Labute approximate surface area is 150 Å². The zero-order valence-electron chi connectivity index (χ0n) is 14.1. The van der Waals surface area contributed by atoms with Gasteiger partial charge in [0.1, 0.15) is 11.6 Å². The maximum atomic E-state index is 12.5. The predicted octanol–water partition coefficient (Wildman–Crippen LogP) is 2.65. The number of amides is 1. The van der Waals surface area contributed by atoms with Crippen molar-refractivity contribution >= 4 is 17.4 Å². The molecule has 7 nitrogen and oxygen atoms in total. The van der Waals surface area contributed by atoms with Crippen LogP contribution in [0.5, 0.6) is 0 Å². The third-order valence-corrected chi connectivity index (χ3v) is 3.84. The molecule has 1 heterocycles. The standard InChI is InChI=1S/C19H17N5O2/c1-26-17(13-5-3-2-4-6-13)19(25)22-15-7-9-16(10-8-15)24-12-14(11-20)18(21)23-24/h2-10,12,17H,1H3,(H2,21,23)(H,22,25)/t17-/m1/s1. The number of carbonyl (C=O) groups is 1. The minimum absolute atomic E-state index is 0.177. The largest absolute Gasteiger partial charge is 0.381 e. The van der Waals surface area contributed by atoms with E-state index in [1.54, 1.807) is 30.5 Å². The lowest BCUT2D eigenvalue weighted by molar-refractivity contribution is -0.126. The Morgan fingerprint density at radius 2 is 1.92 bits per heavy atom. The van der Waals surface area contributed by atoms with Crippen LogP contribution in [0.3, 0.4) is 0 Å². The van der Waals surface area contributed by atoms with E-state index in [-0.39, 0.29) is 11.7 Å². The van der Waals surface area contributed by atoms with Gasteiger partial charge in [-0.2, -0.15) is 5.26 Å². The number of ether oxygens (including phenoxy) is 1. The number of nitrogens with one attached hydrogen (secondary N) is 1. The first-order valence-corrected chi connectivity index (χ1v) is 7.86. The Morgan fingerprint density at radius 1 is 1.23 bits per heavy atom. The van der Waals surface area contributed by atoms with Crippen LogP contribution in [-0.2, 0) is 9.53 Å². The van der Waals surface area contributed by atoms with Gasteiger partial charge in [-0.05, 0) is 29.8 Å². The zero-order chi connectivity index (χ0) is 18.5. The van der Waals surface area contributed by atoms with E-state index >= 15 is 0 Å². The highest BCUT2D eigenvalue weighted by molar-refractivity contribution is 5.94. The molecular weight excluding hydrogens is 330 g/mol. The molecule has 2 aromatic carbocycles. The number of aromatic nitrogens is 2. The van der Waals surface area contributed by atoms with Gasteiger partial charge in [0.2, 0.25) is 0 Å². The molecule has 0 saturated carbocycles. The molecule has 0 aliphatic heterocycles. The number of nitrogens with zero attached hydrogens (tertiary/aromatic N) is 3. The molecule has 3 N–H and O–H groups in total. The molecule has 7 heteroatoms. The van der Waals surface area contributed by atoms with Gasteiger partial charge in [0.15, 0.2) is 11.9 Å². The Bertz CT molecular complexity index is 942. The molecular formula is C19H17N5O2. The van der Waals surface area contributed by atoms with Crippen molar-refractivity contribution in [2.75, 3.05) is 18.2 Å². The van der Waals surface area contributed by atoms with Crippen molar-refractivity contribution in [3.63, 3.8) is 0 Å². The third kappa shape index (κ3) is 3.55. The number of nitrogen functional groups attached to an aromatic ring is 1. The SMILES string of the molecule is CO[C@@H](C(=O)Nc1ccc(-n2cc(C#N)c(N)n2)cc1)c1ccccc1. The highest BCUT2D eigenvalue weighted by atomic mass is 16.5. The highest BCUT2D eigenvalue weighted by Crippen LogP contribution is 2.20. The number of hydrogen-bond donors (Lipinski definition) is 2. The van der Waals surface area contributed by atoms with Gasteiger partial charge in [-0.15, -0.1) is 5.10 Å². The Kier molecular flexibility index (Phi) is 4.97. The number of methoxy groups -OCH3 is 1. The molecule has 0 radical (unpaired) electrons. The van der Waals surface area contributed by atoms with Gasteiger partial charge in [0.25, 0.3) is 5.91 Å². The van der Waals surface area contributed by atoms with Gasteiger partial charge in [-0.1, -0.05) is 30.3 Å². The summed E-state index contributed by atoms with van der Waals surface area (Å²) >= 11 is 0. The quantitative estimate of drug-likeness (QED) is 0.738. The second-order valence-electron chi connectivity index (χ2n) is 5.55. The molecule has 0 bridgehead atoms. The molecule has 0 saturated heterocycles. The van der Waals surface area contributed by atoms with Crippen molar-refractivity contribution in [3.05, 3.63) is 71.9 Å². The Morgan fingerprint density at radius 3 is 2.50 bits per heavy atom. The summed E-state index contributed by atoms with van der Waals surface area (Å²) < 4.78 is 6.84. The molecule has 1 aromatic heterocycles. The second-order valence-corrected chi connectivity index (χ2v) is 5.55. The van der Waals surface area contributed by atoms with Crippen molar-refractivity contribution in [2.45, 2.75) is 6.10 Å². The number of nitrogens with two attached hydrogens (primary N) is 1. The van der Waals surface area contributed by atoms with Crippen LogP contribution in [0.15, 0.2) is 60.8 Å². The fourth-order valence-electron chi connectivity index (χ4n) is 2.53. The predicted molar refractivity (Wildman–Crippen MR) is 97.5 cm³/mol. The number of rotatable bonds is 5. The molecule has 0 unspecified atom stereocenters. The number of anilines is 2. The fourth-order valence-corrected chi connectivity index (χ4v) is 2.53. The van der Waals surface area contributed by atoms with Crippen LogP contribution in [0.25, 0.3) is 5.69 Å². The lowest BCUT2D eigenvalue weighted by atomic mass is 10.1. The molecule has 26 heavy (non-hydrogen) atoms. The van der Waals surface area contributed by atoms with E-state index in [9.17, 15) is 4.79 Å². The lowest BCUT2D eigenvalue weighted by Crippen LogP contribution is -2.22. The summed E-state index contributed by atoms with van der Waals surface area (Å²) in [4.78, 5) is 12.5. The van der Waals surface area contributed by atoms with Gasteiger partial charge in [0.05, 0.1) is 11.9 Å². The van der Waals surface area contributed by atoms with E-state index in [4.69, 9.17) is 15.7 Å². The van der Waals surface area contributed by atoms with Crippen LogP contribution in [0, 0.1) is 11.3 Å². The average molecular weight is 347 g/mol. The van der Waals surface area contributed by atoms with Crippen molar-refractivity contribution < 1.29 is 9.53 Å². The zero-order valence-corrected chi connectivity index (χ0v) is 14.1. The van der Waals surface area contributed by atoms with E-state index in [1.165, 1.54) is 11.8 Å². The summed E-state index contributed by atoms with van der Waals surface area (Å²) in [5, 5.41) is 15.9. The average Bonchev–Trinajstić information content (AvgIpc) is 3.04. The van der Waals surface area contributed by atoms with Crippen molar-refractivity contribution in [3.8, 4) is 11.8 Å². The van der Waals surface area contributed by atoms with Crippen LogP contribution in [0.4, 0.5) is 11.5 Å². The van der Waals surface area contributed by atoms with Crippen LogP contribution in [0.1, 0.15) is 17.2 Å². The smallest absolute Gasteiger partial charge is 0.258 e. The first-order chi connectivity index (χ1) is 12.6. The van der Waals surface area contributed by atoms with E-state index in [2.05, 4.69) is 10.4 Å². The van der Waals surface area contributed by atoms with Crippen LogP contribution >= 0.6 is 0 Å². The monoisotopic (exact) mass is 347 g/mol. The fraction of sp³-hybridized carbons (Fsp3) is 0.105. The van der Waals surface area contributed by atoms with Crippen molar-refractivity contribution in [2.24, 2.45) is 0 Å². The second kappa shape index (κ2) is 7.51. The van der Waals surface area contributed by atoms with Crippen LogP contribution in [-0.4, -0.2) is 22.8 Å². The van der Waals surface area contributed by atoms with Crippen LogP contribution in [0.2, 0.25) is 0 Å². The summed E-state index contributed by atoms with van der Waals surface area (Å²) in [6.07, 6.45) is 0.860. The Balaban J connectivity index is 1.74. The first kappa shape index (κ1) is 17.2. The summed E-state index contributed by atoms with van der Waals surface area (Å²) in [5.41, 5.74) is 8.10. The maximum Gasteiger partial charge on any atom is 0.258 e. The summed E-state index contributed by atoms with van der Waals surface area (Å²) in [6, 6.07) is 18.3.